The summed E-state index contributed by atoms with van der Waals surface area (Å²) < 4.78 is 0. The smallest absolute Gasteiger partial charge is 0.246 e. The van der Waals surface area contributed by atoms with Gasteiger partial charge in [-0.3, -0.25) is 4.79 Å². The maximum Gasteiger partial charge on any atom is 0.246 e. The maximum atomic E-state index is 10.2. The number of carbonyl (C=O) groups is 1. The van der Waals surface area contributed by atoms with Crippen LogP contribution in [0.5, 0.6) is 0 Å². The van der Waals surface area contributed by atoms with Crippen molar-refractivity contribution in [2.75, 3.05) is 0 Å². The van der Waals surface area contributed by atoms with Crippen LogP contribution < -0.4 is 5.73 Å². The molecule has 0 bridgehead atoms. The summed E-state index contributed by atoms with van der Waals surface area (Å²) in [5.74, 6) is -0.832. The number of carbonyl (C=O) groups excluding carboxylic acids is 1. The van der Waals surface area contributed by atoms with Crippen LogP contribution in [0.15, 0.2) is 12.7 Å². The summed E-state index contributed by atoms with van der Waals surface area (Å²) >= 11 is 0. The van der Waals surface area contributed by atoms with Crippen LogP contribution in [0, 0.1) is 0 Å². The fraction of sp³-hybridized carbons (Fsp3) is 0.500. The molecule has 4 heteroatoms. The van der Waals surface area contributed by atoms with Crippen LogP contribution in [0.1, 0.15) is 6.42 Å². The van der Waals surface area contributed by atoms with Gasteiger partial charge in [0.25, 0.3) is 0 Å². The molecular formula is C6H11NO3. The highest BCUT2D eigenvalue weighted by Gasteiger charge is 2.13. The van der Waals surface area contributed by atoms with E-state index in [0.29, 0.717) is 0 Å². The zero-order chi connectivity index (χ0) is 8.15. The van der Waals surface area contributed by atoms with Gasteiger partial charge >= 0.3 is 0 Å². The van der Waals surface area contributed by atoms with E-state index in [1.165, 1.54) is 6.08 Å². The molecule has 1 amide bonds. The fourth-order valence-electron chi connectivity index (χ4n) is 0.441. The quantitative estimate of drug-likeness (QED) is 0.433. The van der Waals surface area contributed by atoms with E-state index in [1.54, 1.807) is 0 Å². The van der Waals surface area contributed by atoms with Gasteiger partial charge in [-0.25, -0.2) is 0 Å². The molecule has 0 unspecified atom stereocenters. The zero-order valence-electron chi connectivity index (χ0n) is 5.53. The Morgan fingerprint density at radius 3 is 2.50 bits per heavy atom. The van der Waals surface area contributed by atoms with Gasteiger partial charge in [-0.05, 0) is 0 Å². The molecule has 4 N–H and O–H groups in total. The lowest BCUT2D eigenvalue weighted by Crippen LogP contribution is -2.31. The van der Waals surface area contributed by atoms with Crippen molar-refractivity contribution >= 4 is 5.91 Å². The van der Waals surface area contributed by atoms with Crippen LogP contribution >= 0.6 is 0 Å². The highest BCUT2D eigenvalue weighted by molar-refractivity contribution is 5.78. The van der Waals surface area contributed by atoms with Crippen molar-refractivity contribution in [2.24, 2.45) is 5.73 Å². The molecule has 0 heterocycles. The van der Waals surface area contributed by atoms with Crippen molar-refractivity contribution in [3.63, 3.8) is 0 Å². The van der Waals surface area contributed by atoms with Gasteiger partial charge in [-0.1, -0.05) is 6.08 Å². The Balaban J connectivity index is 3.67. The Bertz CT molecular complexity index is 135. The molecule has 0 aromatic carbocycles. The fourth-order valence-corrected chi connectivity index (χ4v) is 0.441. The van der Waals surface area contributed by atoms with E-state index in [9.17, 15) is 4.79 Å². The summed E-state index contributed by atoms with van der Waals surface area (Å²) in [6.45, 7) is 3.26. The van der Waals surface area contributed by atoms with Gasteiger partial charge in [0.05, 0.1) is 6.10 Å². The summed E-state index contributed by atoms with van der Waals surface area (Å²) in [4.78, 5) is 10.2. The van der Waals surface area contributed by atoms with Crippen molar-refractivity contribution in [1.82, 2.24) is 0 Å². The van der Waals surface area contributed by atoms with Crippen LogP contribution in [0.3, 0.4) is 0 Å². The van der Waals surface area contributed by atoms with Gasteiger partial charge in [-0.2, -0.15) is 0 Å². The normalized spacial score (nSPS) is 15.8. The van der Waals surface area contributed by atoms with Gasteiger partial charge in [0.1, 0.15) is 6.10 Å². The monoisotopic (exact) mass is 145 g/mol. The Hall–Kier alpha value is -0.870. The average molecular weight is 145 g/mol. The molecule has 0 saturated heterocycles. The molecule has 0 saturated carbocycles. The minimum absolute atomic E-state index is 0.0845. The first kappa shape index (κ1) is 9.13. The van der Waals surface area contributed by atoms with Crippen molar-refractivity contribution in [3.8, 4) is 0 Å². The summed E-state index contributed by atoms with van der Waals surface area (Å²) in [6.07, 6.45) is -1.01. The largest absolute Gasteiger partial charge is 0.389 e. The Morgan fingerprint density at radius 1 is 1.70 bits per heavy atom. The van der Waals surface area contributed by atoms with Gasteiger partial charge in [-0.15, -0.1) is 6.58 Å². The van der Waals surface area contributed by atoms with Crippen LogP contribution in [0.2, 0.25) is 0 Å². The standard InChI is InChI=1S/C6H11NO3/c1-2-4(8)3-5(9)6(7)10/h2,4-5,8-9H,1,3H2,(H2,7,10)/t4-,5+/m1/s1. The van der Waals surface area contributed by atoms with Gasteiger partial charge in [0, 0.05) is 6.42 Å². The molecule has 4 nitrogen and oxygen atoms in total. The predicted molar refractivity (Wildman–Crippen MR) is 36.0 cm³/mol. The van der Waals surface area contributed by atoms with E-state index < -0.39 is 18.1 Å². The summed E-state index contributed by atoms with van der Waals surface area (Å²) in [7, 11) is 0. The number of nitrogens with two attached hydrogens (primary N) is 1. The first-order chi connectivity index (χ1) is 4.57. The summed E-state index contributed by atoms with van der Waals surface area (Å²) in [5.41, 5.74) is 4.70. The highest BCUT2D eigenvalue weighted by Crippen LogP contribution is 1.97. The van der Waals surface area contributed by atoms with Crippen molar-refractivity contribution in [1.29, 1.82) is 0 Å². The number of hydrogen-bond donors (Lipinski definition) is 3. The third-order valence-corrected chi connectivity index (χ3v) is 1.07. The minimum Gasteiger partial charge on any atom is -0.389 e. The van der Waals surface area contributed by atoms with Crippen LogP contribution in [0.25, 0.3) is 0 Å². The third-order valence-electron chi connectivity index (χ3n) is 1.07. The minimum atomic E-state index is -1.28. The van der Waals surface area contributed by atoms with Crippen LogP contribution in [0.4, 0.5) is 0 Å². The molecule has 0 aliphatic rings. The molecule has 58 valence electrons. The third kappa shape index (κ3) is 3.21. The predicted octanol–water partition coefficient (Wildman–Crippen LogP) is -1.23. The molecule has 0 aliphatic carbocycles. The maximum absolute atomic E-state index is 10.2. The molecule has 0 aromatic rings. The molecule has 0 aliphatic heterocycles. The second-order valence-electron chi connectivity index (χ2n) is 1.96. The molecule has 0 spiro atoms. The number of aliphatic hydroxyl groups excluding tert-OH is 2. The average Bonchev–Trinajstić information content (AvgIpc) is 1.87. The molecule has 0 fully saturated rings. The number of primary amides is 1. The Kier molecular flexibility index (Phi) is 3.68. The summed E-state index contributed by atoms with van der Waals surface area (Å²) in [6, 6.07) is 0. The van der Waals surface area contributed by atoms with E-state index in [0.717, 1.165) is 0 Å². The molecule has 0 aromatic heterocycles. The molecule has 0 radical (unpaired) electrons. The number of rotatable bonds is 4. The van der Waals surface area contributed by atoms with Crippen molar-refractivity contribution in [3.05, 3.63) is 12.7 Å². The van der Waals surface area contributed by atoms with E-state index in [2.05, 4.69) is 6.58 Å². The lowest BCUT2D eigenvalue weighted by Gasteiger charge is -2.07. The van der Waals surface area contributed by atoms with Crippen LogP contribution in [-0.4, -0.2) is 28.3 Å². The zero-order valence-corrected chi connectivity index (χ0v) is 5.53. The van der Waals surface area contributed by atoms with Gasteiger partial charge in [0.15, 0.2) is 0 Å². The topological polar surface area (TPSA) is 83.6 Å². The molecular weight excluding hydrogens is 134 g/mol. The number of hydrogen-bond acceptors (Lipinski definition) is 3. The SMILES string of the molecule is C=C[C@@H](O)C[C@H](O)C(N)=O. The van der Waals surface area contributed by atoms with Gasteiger partial charge < -0.3 is 15.9 Å². The summed E-state index contributed by atoms with van der Waals surface area (Å²) in [5, 5.41) is 17.5. The lowest BCUT2D eigenvalue weighted by molar-refractivity contribution is -0.127. The van der Waals surface area contributed by atoms with E-state index >= 15 is 0 Å². The first-order valence-electron chi connectivity index (χ1n) is 2.86. The molecule has 0 rings (SSSR count). The Morgan fingerprint density at radius 2 is 2.20 bits per heavy atom. The van der Waals surface area contributed by atoms with Crippen LogP contribution in [-0.2, 0) is 4.79 Å². The van der Waals surface area contributed by atoms with Crippen molar-refractivity contribution < 1.29 is 15.0 Å². The Labute approximate surface area is 59.0 Å². The highest BCUT2D eigenvalue weighted by atomic mass is 16.3. The molecule has 2 atom stereocenters. The van der Waals surface area contributed by atoms with E-state index in [1.807, 2.05) is 0 Å². The molecule has 10 heavy (non-hydrogen) atoms. The second-order valence-corrected chi connectivity index (χ2v) is 1.96. The lowest BCUT2D eigenvalue weighted by atomic mass is 10.1. The second kappa shape index (κ2) is 4.03. The van der Waals surface area contributed by atoms with Gasteiger partial charge in [0.2, 0.25) is 5.91 Å². The van der Waals surface area contributed by atoms with Crippen molar-refractivity contribution in [2.45, 2.75) is 18.6 Å². The number of amides is 1. The first-order valence-corrected chi connectivity index (χ1v) is 2.86. The van der Waals surface area contributed by atoms with E-state index in [4.69, 9.17) is 15.9 Å². The number of aliphatic hydroxyl groups is 2. The van der Waals surface area contributed by atoms with E-state index in [-0.39, 0.29) is 6.42 Å².